The van der Waals surface area contributed by atoms with Crippen LogP contribution in [0.15, 0.2) is 36.4 Å². The average Bonchev–Trinajstić information content (AvgIpc) is 2.91. The van der Waals surface area contributed by atoms with E-state index in [0.29, 0.717) is 40.9 Å². The van der Waals surface area contributed by atoms with Crippen molar-refractivity contribution in [1.29, 1.82) is 0 Å². The van der Waals surface area contributed by atoms with Crippen LogP contribution in [-0.2, 0) is 11.3 Å². The Labute approximate surface area is 156 Å². The summed E-state index contributed by atoms with van der Waals surface area (Å²) in [5, 5.41) is 3.25. The first-order valence-corrected chi connectivity index (χ1v) is 8.51. The van der Waals surface area contributed by atoms with Crippen molar-refractivity contribution in [2.24, 2.45) is 0 Å². The molecule has 1 heterocycles. The maximum atomic E-state index is 12.4. The molecule has 0 aliphatic carbocycles. The van der Waals surface area contributed by atoms with E-state index in [4.69, 9.17) is 21.1 Å². The number of carbonyl (C=O) groups is 2. The molecule has 26 heavy (non-hydrogen) atoms. The number of ether oxygens (including phenoxy) is 3. The number of hydrogen-bond acceptors (Lipinski definition) is 5. The molecule has 0 aromatic heterocycles. The lowest BCUT2D eigenvalue weighted by Gasteiger charge is -2.12. The highest BCUT2D eigenvalue weighted by molar-refractivity contribution is 6.32. The van der Waals surface area contributed by atoms with Crippen LogP contribution in [0.3, 0.4) is 0 Å². The van der Waals surface area contributed by atoms with E-state index in [1.807, 2.05) is 0 Å². The van der Waals surface area contributed by atoms with Crippen LogP contribution >= 0.6 is 11.6 Å². The summed E-state index contributed by atoms with van der Waals surface area (Å²) in [6, 6.07) is 9.88. The van der Waals surface area contributed by atoms with Gasteiger partial charge in [-0.15, -0.1) is 0 Å². The van der Waals surface area contributed by atoms with Gasteiger partial charge in [0.15, 0.2) is 11.5 Å². The fourth-order valence-electron chi connectivity index (χ4n) is 2.58. The van der Waals surface area contributed by atoms with Gasteiger partial charge in [0.25, 0.3) is 5.91 Å². The number of carbonyl (C=O) groups excluding carboxylic acids is 2. The number of halogens is 1. The Bertz CT molecular complexity index is 837. The third kappa shape index (κ3) is 4.08. The van der Waals surface area contributed by atoms with Gasteiger partial charge in [-0.1, -0.05) is 17.7 Å². The Kier molecular flexibility index (Phi) is 5.63. The van der Waals surface area contributed by atoms with Crippen LogP contribution in [0.4, 0.5) is 0 Å². The standard InChI is InChI=1S/C19H18ClNO5/c1-24-19(23)14-5-2-4-13(10-14)18(22)21-11-12-8-15(20)17-16(9-12)25-6-3-7-26-17/h2,4-5,8-10H,3,6-7,11H2,1H3,(H,21,22). The van der Waals surface area contributed by atoms with E-state index >= 15 is 0 Å². The molecule has 2 aromatic carbocycles. The minimum atomic E-state index is -0.491. The highest BCUT2D eigenvalue weighted by Gasteiger charge is 2.16. The van der Waals surface area contributed by atoms with Crippen LogP contribution in [0.25, 0.3) is 0 Å². The maximum absolute atomic E-state index is 12.4. The molecule has 0 saturated heterocycles. The number of nitrogens with one attached hydrogen (secondary N) is 1. The molecule has 0 bridgehead atoms. The third-order valence-electron chi connectivity index (χ3n) is 3.86. The molecular formula is C19H18ClNO5. The largest absolute Gasteiger partial charge is 0.489 e. The number of hydrogen-bond donors (Lipinski definition) is 1. The van der Waals surface area contributed by atoms with Crippen LogP contribution < -0.4 is 14.8 Å². The van der Waals surface area contributed by atoms with Crippen molar-refractivity contribution in [1.82, 2.24) is 5.32 Å². The number of methoxy groups -OCH3 is 1. The quantitative estimate of drug-likeness (QED) is 0.830. The summed E-state index contributed by atoms with van der Waals surface area (Å²) in [7, 11) is 1.29. The van der Waals surface area contributed by atoms with E-state index in [0.717, 1.165) is 12.0 Å². The van der Waals surface area contributed by atoms with Gasteiger partial charge >= 0.3 is 5.97 Å². The molecule has 0 saturated carbocycles. The zero-order valence-corrected chi connectivity index (χ0v) is 15.0. The predicted molar refractivity (Wildman–Crippen MR) is 96.0 cm³/mol. The molecule has 0 spiro atoms. The Morgan fingerprint density at radius 2 is 1.92 bits per heavy atom. The lowest BCUT2D eigenvalue weighted by Crippen LogP contribution is -2.23. The number of fused-ring (bicyclic) bond motifs is 1. The van der Waals surface area contributed by atoms with Gasteiger partial charge in [-0.3, -0.25) is 4.79 Å². The summed E-state index contributed by atoms with van der Waals surface area (Å²) < 4.78 is 15.9. The lowest BCUT2D eigenvalue weighted by atomic mass is 10.1. The fourth-order valence-corrected chi connectivity index (χ4v) is 2.86. The van der Waals surface area contributed by atoms with E-state index in [-0.39, 0.29) is 12.5 Å². The third-order valence-corrected chi connectivity index (χ3v) is 4.14. The molecule has 6 nitrogen and oxygen atoms in total. The first-order chi connectivity index (χ1) is 12.6. The fraction of sp³-hybridized carbons (Fsp3) is 0.263. The summed E-state index contributed by atoms with van der Waals surface area (Å²) in [5.41, 5.74) is 1.48. The van der Waals surface area contributed by atoms with Crippen LogP contribution in [0, 0.1) is 0 Å². The second-order valence-electron chi connectivity index (χ2n) is 5.71. The van der Waals surface area contributed by atoms with E-state index in [1.165, 1.54) is 13.2 Å². The Morgan fingerprint density at radius 3 is 2.73 bits per heavy atom. The molecule has 136 valence electrons. The normalized spacial score (nSPS) is 12.8. The molecule has 3 rings (SSSR count). The first-order valence-electron chi connectivity index (χ1n) is 8.13. The smallest absolute Gasteiger partial charge is 0.337 e. The van der Waals surface area contributed by atoms with Gasteiger partial charge in [0.05, 0.1) is 30.9 Å². The molecular weight excluding hydrogens is 358 g/mol. The van der Waals surface area contributed by atoms with E-state index in [2.05, 4.69) is 10.1 Å². The highest BCUT2D eigenvalue weighted by atomic mass is 35.5. The van der Waals surface area contributed by atoms with E-state index in [1.54, 1.807) is 30.3 Å². The predicted octanol–water partition coefficient (Wildman–Crippen LogP) is 3.22. The SMILES string of the molecule is COC(=O)c1cccc(C(=O)NCc2cc(Cl)c3c(c2)OCCCO3)c1. The van der Waals surface area contributed by atoms with Crippen LogP contribution in [0.2, 0.25) is 5.02 Å². The van der Waals surface area contributed by atoms with E-state index in [9.17, 15) is 9.59 Å². The van der Waals surface area contributed by atoms with Gasteiger partial charge in [-0.05, 0) is 35.9 Å². The molecule has 1 amide bonds. The van der Waals surface area contributed by atoms with Crippen molar-refractivity contribution in [3.05, 3.63) is 58.1 Å². The highest BCUT2D eigenvalue weighted by Crippen LogP contribution is 2.37. The monoisotopic (exact) mass is 375 g/mol. The summed E-state index contributed by atoms with van der Waals surface area (Å²) in [6.07, 6.45) is 0.785. The molecule has 1 N–H and O–H groups in total. The Hall–Kier alpha value is -2.73. The summed E-state index contributed by atoms with van der Waals surface area (Å²) >= 11 is 6.25. The van der Waals surface area contributed by atoms with Gasteiger partial charge in [0.2, 0.25) is 0 Å². The number of esters is 1. The van der Waals surface area contributed by atoms with E-state index < -0.39 is 5.97 Å². The van der Waals surface area contributed by atoms with Crippen LogP contribution in [0.1, 0.15) is 32.7 Å². The van der Waals surface area contributed by atoms with Crippen LogP contribution in [0.5, 0.6) is 11.5 Å². The minimum absolute atomic E-state index is 0.262. The number of rotatable bonds is 4. The zero-order chi connectivity index (χ0) is 18.5. The Balaban J connectivity index is 1.71. The average molecular weight is 376 g/mol. The van der Waals surface area contributed by atoms with Gasteiger partial charge in [-0.2, -0.15) is 0 Å². The maximum Gasteiger partial charge on any atom is 0.337 e. The van der Waals surface area contributed by atoms with Gasteiger partial charge in [0, 0.05) is 18.5 Å². The zero-order valence-electron chi connectivity index (χ0n) is 14.2. The van der Waals surface area contributed by atoms with Crippen molar-refractivity contribution in [3.8, 4) is 11.5 Å². The second-order valence-corrected chi connectivity index (χ2v) is 6.12. The molecule has 1 aliphatic rings. The van der Waals surface area contributed by atoms with Crippen molar-refractivity contribution >= 4 is 23.5 Å². The van der Waals surface area contributed by atoms with Gasteiger partial charge in [-0.25, -0.2) is 4.79 Å². The molecule has 0 fully saturated rings. The van der Waals surface area contributed by atoms with Crippen molar-refractivity contribution in [3.63, 3.8) is 0 Å². The number of amides is 1. The Morgan fingerprint density at radius 1 is 1.15 bits per heavy atom. The molecule has 0 unspecified atom stereocenters. The summed E-state index contributed by atoms with van der Waals surface area (Å²) in [5.74, 6) is 0.310. The van der Waals surface area contributed by atoms with Gasteiger partial charge in [0.1, 0.15) is 0 Å². The van der Waals surface area contributed by atoms with Crippen molar-refractivity contribution < 1.29 is 23.8 Å². The number of benzene rings is 2. The minimum Gasteiger partial charge on any atom is -0.489 e. The molecule has 2 aromatic rings. The molecule has 1 aliphatic heterocycles. The second kappa shape index (κ2) is 8.10. The molecule has 0 atom stereocenters. The lowest BCUT2D eigenvalue weighted by molar-refractivity contribution is 0.0600. The van der Waals surface area contributed by atoms with Crippen LogP contribution in [-0.4, -0.2) is 32.2 Å². The first kappa shape index (κ1) is 18.1. The van der Waals surface area contributed by atoms with Gasteiger partial charge < -0.3 is 19.5 Å². The topological polar surface area (TPSA) is 73.9 Å². The summed E-state index contributed by atoms with van der Waals surface area (Å²) in [6.45, 7) is 1.37. The van der Waals surface area contributed by atoms with Crippen molar-refractivity contribution in [2.45, 2.75) is 13.0 Å². The molecule has 7 heteroatoms. The van der Waals surface area contributed by atoms with Crippen molar-refractivity contribution in [2.75, 3.05) is 20.3 Å². The molecule has 0 radical (unpaired) electrons. The summed E-state index contributed by atoms with van der Waals surface area (Å²) in [4.78, 5) is 23.9.